The monoisotopic (exact) mass is 302 g/mol. The highest BCUT2D eigenvalue weighted by Crippen LogP contribution is 2.20. The van der Waals surface area contributed by atoms with E-state index in [4.69, 9.17) is 4.74 Å². The number of pyridine rings is 1. The molecule has 1 atom stereocenters. The van der Waals surface area contributed by atoms with E-state index >= 15 is 0 Å². The predicted molar refractivity (Wildman–Crippen MR) is 82.9 cm³/mol. The first-order chi connectivity index (χ1) is 10.7. The fourth-order valence-corrected chi connectivity index (χ4v) is 3.12. The normalized spacial score (nSPS) is 19.5. The van der Waals surface area contributed by atoms with Crippen LogP contribution in [0.15, 0.2) is 18.3 Å². The summed E-state index contributed by atoms with van der Waals surface area (Å²) in [5.74, 6) is 1.12. The molecule has 22 heavy (non-hydrogen) atoms. The van der Waals surface area contributed by atoms with Crippen molar-refractivity contribution in [3.63, 3.8) is 0 Å². The standard InChI is InChI=1S/C16H22N4O2/c1-3-19-7-4-5-12(11-19)9-14-17-15-10-13(16(21)22-2)6-8-20(15)18-14/h6,8,10,12H,3-5,7,9,11H2,1-2H3. The number of likely N-dealkylation sites (tertiary alicyclic amines) is 1. The first-order valence-corrected chi connectivity index (χ1v) is 7.85. The van der Waals surface area contributed by atoms with Crippen molar-refractivity contribution in [1.82, 2.24) is 19.5 Å². The number of methoxy groups -OCH3 is 1. The number of hydrogen-bond acceptors (Lipinski definition) is 5. The molecule has 1 aliphatic heterocycles. The van der Waals surface area contributed by atoms with Gasteiger partial charge >= 0.3 is 5.97 Å². The molecule has 0 saturated carbocycles. The van der Waals surface area contributed by atoms with E-state index in [2.05, 4.69) is 21.9 Å². The number of hydrogen-bond donors (Lipinski definition) is 0. The third kappa shape index (κ3) is 3.11. The Labute approximate surface area is 130 Å². The van der Waals surface area contributed by atoms with E-state index < -0.39 is 0 Å². The van der Waals surface area contributed by atoms with Gasteiger partial charge in [0.1, 0.15) is 0 Å². The summed E-state index contributed by atoms with van der Waals surface area (Å²) in [6.45, 7) is 5.64. The number of rotatable bonds is 4. The minimum atomic E-state index is -0.349. The second-order valence-electron chi connectivity index (χ2n) is 5.84. The number of carbonyl (C=O) groups excluding carboxylic acids is 1. The number of ether oxygens (including phenoxy) is 1. The maximum Gasteiger partial charge on any atom is 0.338 e. The molecule has 118 valence electrons. The van der Waals surface area contributed by atoms with Gasteiger partial charge in [-0.05, 0) is 44.0 Å². The Morgan fingerprint density at radius 2 is 2.36 bits per heavy atom. The lowest BCUT2D eigenvalue weighted by molar-refractivity contribution is 0.0600. The van der Waals surface area contributed by atoms with Crippen molar-refractivity contribution >= 4 is 11.6 Å². The predicted octanol–water partition coefficient (Wildman–Crippen LogP) is 1.79. The molecule has 6 heteroatoms. The van der Waals surface area contributed by atoms with Gasteiger partial charge in [-0.2, -0.15) is 5.10 Å². The summed E-state index contributed by atoms with van der Waals surface area (Å²) in [6, 6.07) is 3.43. The first-order valence-electron chi connectivity index (χ1n) is 7.85. The molecule has 0 radical (unpaired) electrons. The summed E-state index contributed by atoms with van der Waals surface area (Å²) in [5.41, 5.74) is 1.20. The van der Waals surface area contributed by atoms with E-state index in [-0.39, 0.29) is 5.97 Å². The number of fused-ring (bicyclic) bond motifs is 1. The molecule has 1 fully saturated rings. The Morgan fingerprint density at radius 1 is 1.50 bits per heavy atom. The van der Waals surface area contributed by atoms with Crippen molar-refractivity contribution in [2.24, 2.45) is 5.92 Å². The molecule has 0 aromatic carbocycles. The molecule has 0 spiro atoms. The smallest absolute Gasteiger partial charge is 0.338 e. The van der Waals surface area contributed by atoms with Crippen molar-refractivity contribution in [2.75, 3.05) is 26.7 Å². The van der Waals surface area contributed by atoms with Crippen LogP contribution >= 0.6 is 0 Å². The highest BCUT2D eigenvalue weighted by molar-refractivity contribution is 5.90. The van der Waals surface area contributed by atoms with Crippen LogP contribution in [0.25, 0.3) is 5.65 Å². The van der Waals surface area contributed by atoms with Crippen LogP contribution in [0.3, 0.4) is 0 Å². The number of piperidine rings is 1. The van der Waals surface area contributed by atoms with Crippen molar-refractivity contribution in [3.8, 4) is 0 Å². The molecular weight excluding hydrogens is 280 g/mol. The van der Waals surface area contributed by atoms with Gasteiger partial charge in [0.25, 0.3) is 0 Å². The highest BCUT2D eigenvalue weighted by Gasteiger charge is 2.20. The van der Waals surface area contributed by atoms with E-state index in [1.165, 1.54) is 26.5 Å². The largest absolute Gasteiger partial charge is 0.465 e. The SMILES string of the molecule is CCN1CCCC(Cc2nc3cc(C(=O)OC)ccn3n2)C1. The van der Waals surface area contributed by atoms with E-state index in [9.17, 15) is 4.79 Å². The van der Waals surface area contributed by atoms with Crippen molar-refractivity contribution in [2.45, 2.75) is 26.2 Å². The van der Waals surface area contributed by atoms with E-state index in [0.717, 1.165) is 25.3 Å². The van der Waals surface area contributed by atoms with E-state index in [1.807, 2.05) is 0 Å². The fraction of sp³-hybridized carbons (Fsp3) is 0.562. The molecule has 2 aromatic rings. The van der Waals surface area contributed by atoms with Crippen LogP contribution in [0, 0.1) is 5.92 Å². The zero-order valence-corrected chi connectivity index (χ0v) is 13.2. The number of nitrogens with zero attached hydrogens (tertiary/aromatic N) is 4. The quantitative estimate of drug-likeness (QED) is 0.806. The Hall–Kier alpha value is -1.95. The van der Waals surface area contributed by atoms with Gasteiger partial charge in [-0.1, -0.05) is 6.92 Å². The van der Waals surface area contributed by atoms with Crippen LogP contribution < -0.4 is 0 Å². The van der Waals surface area contributed by atoms with Crippen molar-refractivity contribution in [1.29, 1.82) is 0 Å². The molecule has 1 unspecified atom stereocenters. The Kier molecular flexibility index (Phi) is 4.38. The van der Waals surface area contributed by atoms with E-state index in [1.54, 1.807) is 22.8 Å². The third-order valence-corrected chi connectivity index (χ3v) is 4.32. The van der Waals surface area contributed by atoms with Crippen LogP contribution in [-0.4, -0.2) is 52.2 Å². The van der Waals surface area contributed by atoms with Crippen LogP contribution in [0.1, 0.15) is 35.9 Å². The van der Waals surface area contributed by atoms with Gasteiger partial charge in [-0.25, -0.2) is 14.3 Å². The van der Waals surface area contributed by atoms with Gasteiger partial charge in [-0.3, -0.25) is 0 Å². The molecular formula is C16H22N4O2. The van der Waals surface area contributed by atoms with Crippen LogP contribution in [0.5, 0.6) is 0 Å². The van der Waals surface area contributed by atoms with Gasteiger partial charge in [0.15, 0.2) is 11.5 Å². The first kappa shape index (κ1) is 15.0. The number of carbonyl (C=O) groups is 1. The minimum Gasteiger partial charge on any atom is -0.465 e. The summed E-state index contributed by atoms with van der Waals surface area (Å²) in [7, 11) is 1.38. The summed E-state index contributed by atoms with van der Waals surface area (Å²) >= 11 is 0. The lowest BCUT2D eigenvalue weighted by Crippen LogP contribution is -2.36. The van der Waals surface area contributed by atoms with Crippen molar-refractivity contribution < 1.29 is 9.53 Å². The Balaban J connectivity index is 1.75. The summed E-state index contributed by atoms with van der Waals surface area (Å²) in [6.07, 6.45) is 5.14. The Morgan fingerprint density at radius 3 is 3.14 bits per heavy atom. The number of aromatic nitrogens is 3. The summed E-state index contributed by atoms with van der Waals surface area (Å²) in [5, 5.41) is 4.52. The molecule has 3 heterocycles. The molecule has 0 amide bonds. The second-order valence-corrected chi connectivity index (χ2v) is 5.84. The molecule has 0 bridgehead atoms. The molecule has 2 aromatic heterocycles. The van der Waals surface area contributed by atoms with Crippen LogP contribution in [-0.2, 0) is 11.2 Å². The average Bonchev–Trinajstić information content (AvgIpc) is 2.95. The zero-order valence-electron chi connectivity index (χ0n) is 13.2. The molecule has 1 saturated heterocycles. The fourth-order valence-electron chi connectivity index (χ4n) is 3.12. The van der Waals surface area contributed by atoms with Gasteiger partial charge in [0.2, 0.25) is 0 Å². The van der Waals surface area contributed by atoms with Crippen LogP contribution in [0.4, 0.5) is 0 Å². The lowest BCUT2D eigenvalue weighted by atomic mass is 9.94. The molecule has 0 N–H and O–H groups in total. The van der Waals surface area contributed by atoms with E-state index in [0.29, 0.717) is 17.1 Å². The highest BCUT2D eigenvalue weighted by atomic mass is 16.5. The lowest BCUT2D eigenvalue weighted by Gasteiger charge is -2.31. The molecule has 0 aliphatic carbocycles. The third-order valence-electron chi connectivity index (χ3n) is 4.32. The van der Waals surface area contributed by atoms with Gasteiger partial charge in [0, 0.05) is 19.2 Å². The average molecular weight is 302 g/mol. The minimum absolute atomic E-state index is 0.349. The maximum atomic E-state index is 11.6. The molecule has 3 rings (SSSR count). The van der Waals surface area contributed by atoms with Gasteiger partial charge in [0.05, 0.1) is 12.7 Å². The van der Waals surface area contributed by atoms with Crippen LogP contribution in [0.2, 0.25) is 0 Å². The van der Waals surface area contributed by atoms with Gasteiger partial charge < -0.3 is 9.64 Å². The topological polar surface area (TPSA) is 59.7 Å². The molecule has 6 nitrogen and oxygen atoms in total. The van der Waals surface area contributed by atoms with Gasteiger partial charge in [-0.15, -0.1) is 0 Å². The summed E-state index contributed by atoms with van der Waals surface area (Å²) < 4.78 is 6.46. The number of esters is 1. The summed E-state index contributed by atoms with van der Waals surface area (Å²) in [4.78, 5) is 18.6. The Bertz CT molecular complexity index is 667. The zero-order chi connectivity index (χ0) is 15.5. The maximum absolute atomic E-state index is 11.6. The second kappa shape index (κ2) is 6.44. The van der Waals surface area contributed by atoms with Crippen molar-refractivity contribution in [3.05, 3.63) is 29.7 Å². The molecule has 1 aliphatic rings.